The zero-order valence-corrected chi connectivity index (χ0v) is 18.6. The maximum Gasteiger partial charge on any atom is 0.255 e. The van der Waals surface area contributed by atoms with Crippen molar-refractivity contribution in [3.63, 3.8) is 0 Å². The standard InChI is InChI=1S/C25H22FN5O3/c1-14-3-5-16(6-4-14)22(32)21(20-12-27-9-10-28-20)31-13-18-8-7-17(11-19(18)25(31)33)24-30-29-23(34-24)15(2)26/h3-12,15,21-22,32H,13H2,1-2H3/t15?,21-,22?/m1/s1. The van der Waals surface area contributed by atoms with Crippen molar-refractivity contribution >= 4 is 5.91 Å². The number of carbonyl (C=O) groups excluding carboxylic acids is 1. The van der Waals surface area contributed by atoms with Gasteiger partial charge in [0.2, 0.25) is 5.89 Å². The number of rotatable bonds is 6. The highest BCUT2D eigenvalue weighted by molar-refractivity contribution is 5.99. The molecule has 2 aromatic heterocycles. The van der Waals surface area contributed by atoms with E-state index in [-0.39, 0.29) is 24.2 Å². The minimum atomic E-state index is -1.39. The number of hydrogen-bond acceptors (Lipinski definition) is 7. The van der Waals surface area contributed by atoms with E-state index in [1.54, 1.807) is 35.5 Å². The average molecular weight is 459 g/mol. The molecular weight excluding hydrogens is 437 g/mol. The third-order valence-corrected chi connectivity index (χ3v) is 5.91. The van der Waals surface area contributed by atoms with Gasteiger partial charge >= 0.3 is 0 Å². The highest BCUT2D eigenvalue weighted by atomic mass is 19.1. The number of carbonyl (C=O) groups is 1. The fourth-order valence-electron chi connectivity index (χ4n) is 4.09. The summed E-state index contributed by atoms with van der Waals surface area (Å²) in [5, 5.41) is 18.9. The summed E-state index contributed by atoms with van der Waals surface area (Å²) in [4.78, 5) is 23.7. The van der Waals surface area contributed by atoms with Crippen LogP contribution in [0.5, 0.6) is 0 Å². The molecule has 0 spiro atoms. The van der Waals surface area contributed by atoms with Crippen LogP contribution in [0, 0.1) is 6.92 Å². The molecule has 0 aliphatic carbocycles. The summed E-state index contributed by atoms with van der Waals surface area (Å²) in [5.41, 5.74) is 3.98. The van der Waals surface area contributed by atoms with E-state index in [0.29, 0.717) is 22.4 Å². The van der Waals surface area contributed by atoms with Gasteiger partial charge in [0.25, 0.3) is 11.8 Å². The van der Waals surface area contributed by atoms with Crippen LogP contribution in [0.2, 0.25) is 0 Å². The number of amides is 1. The number of fused-ring (bicyclic) bond motifs is 1. The largest absolute Gasteiger partial charge is 0.418 e. The lowest BCUT2D eigenvalue weighted by Gasteiger charge is -2.31. The number of alkyl halides is 1. The van der Waals surface area contributed by atoms with Gasteiger partial charge in [-0.1, -0.05) is 35.9 Å². The number of halogens is 1. The molecule has 4 aromatic rings. The van der Waals surface area contributed by atoms with Gasteiger partial charge in [-0.25, -0.2) is 4.39 Å². The van der Waals surface area contributed by atoms with Crippen LogP contribution in [0.25, 0.3) is 11.5 Å². The predicted octanol–water partition coefficient (Wildman–Crippen LogP) is 4.30. The monoisotopic (exact) mass is 459 g/mol. The van der Waals surface area contributed by atoms with Crippen molar-refractivity contribution in [3.05, 3.63) is 94.9 Å². The Balaban J connectivity index is 1.50. The molecule has 9 heteroatoms. The van der Waals surface area contributed by atoms with Crippen LogP contribution in [-0.2, 0) is 6.54 Å². The Hall–Kier alpha value is -3.98. The van der Waals surface area contributed by atoms with Crippen molar-refractivity contribution in [1.29, 1.82) is 0 Å². The van der Waals surface area contributed by atoms with E-state index in [0.717, 1.165) is 11.1 Å². The predicted molar refractivity (Wildman–Crippen MR) is 120 cm³/mol. The number of benzene rings is 2. The SMILES string of the molecule is Cc1ccc(C(O)[C@@H](c2cnccn2)N2Cc3ccc(-c4nnc(C(C)F)o4)cc3C2=O)cc1. The number of aliphatic hydroxyl groups is 1. The number of aryl methyl sites for hydroxylation is 1. The van der Waals surface area contributed by atoms with E-state index in [2.05, 4.69) is 20.2 Å². The molecule has 1 N–H and O–H groups in total. The molecule has 0 radical (unpaired) electrons. The summed E-state index contributed by atoms with van der Waals surface area (Å²) in [5.74, 6) is -0.247. The molecule has 0 saturated heterocycles. The summed E-state index contributed by atoms with van der Waals surface area (Å²) in [6.45, 7) is 3.57. The molecule has 1 aliphatic rings. The van der Waals surface area contributed by atoms with Crippen LogP contribution in [0.15, 0.2) is 65.5 Å². The second-order valence-corrected chi connectivity index (χ2v) is 8.30. The second kappa shape index (κ2) is 8.75. The third kappa shape index (κ3) is 3.94. The smallest absolute Gasteiger partial charge is 0.255 e. The van der Waals surface area contributed by atoms with Crippen molar-refractivity contribution in [2.75, 3.05) is 0 Å². The van der Waals surface area contributed by atoms with Crippen LogP contribution in [0.1, 0.15) is 63.9 Å². The van der Waals surface area contributed by atoms with Crippen LogP contribution >= 0.6 is 0 Å². The molecule has 0 saturated carbocycles. The molecule has 0 fully saturated rings. The summed E-state index contributed by atoms with van der Waals surface area (Å²) < 4.78 is 18.9. The summed E-state index contributed by atoms with van der Waals surface area (Å²) >= 11 is 0. The maximum atomic E-state index is 13.5. The molecule has 3 atom stereocenters. The molecular formula is C25H22FN5O3. The molecule has 1 amide bonds. The Kier molecular flexibility index (Phi) is 5.62. The molecule has 5 rings (SSSR count). The van der Waals surface area contributed by atoms with Crippen molar-refractivity contribution in [3.8, 4) is 11.5 Å². The van der Waals surface area contributed by atoms with Crippen LogP contribution < -0.4 is 0 Å². The van der Waals surface area contributed by atoms with Gasteiger partial charge in [-0.2, -0.15) is 0 Å². The number of hydrogen-bond donors (Lipinski definition) is 1. The van der Waals surface area contributed by atoms with Gasteiger partial charge in [0.15, 0.2) is 6.17 Å². The molecule has 172 valence electrons. The number of aromatic nitrogens is 4. The van der Waals surface area contributed by atoms with E-state index in [1.165, 1.54) is 13.1 Å². The molecule has 8 nitrogen and oxygen atoms in total. The maximum absolute atomic E-state index is 13.5. The zero-order valence-electron chi connectivity index (χ0n) is 18.6. The fraction of sp³-hybridized carbons (Fsp3) is 0.240. The van der Waals surface area contributed by atoms with Crippen molar-refractivity contribution in [2.24, 2.45) is 0 Å². The number of nitrogens with zero attached hydrogens (tertiary/aromatic N) is 5. The molecule has 3 heterocycles. The van der Waals surface area contributed by atoms with Crippen LogP contribution in [-0.4, -0.2) is 36.1 Å². The topological polar surface area (TPSA) is 105 Å². The normalized spacial score (nSPS) is 15.8. The van der Waals surface area contributed by atoms with Gasteiger partial charge in [-0.05, 0) is 37.1 Å². The molecule has 2 unspecified atom stereocenters. The minimum absolute atomic E-state index is 0.118. The highest BCUT2D eigenvalue weighted by Gasteiger charge is 2.39. The van der Waals surface area contributed by atoms with E-state index in [9.17, 15) is 14.3 Å². The Bertz CT molecular complexity index is 1320. The first-order valence-electron chi connectivity index (χ1n) is 10.8. The molecule has 34 heavy (non-hydrogen) atoms. The second-order valence-electron chi connectivity index (χ2n) is 8.30. The molecule has 1 aliphatic heterocycles. The average Bonchev–Trinajstić information content (AvgIpc) is 3.46. The van der Waals surface area contributed by atoms with Gasteiger partial charge in [-0.15, -0.1) is 10.2 Å². The minimum Gasteiger partial charge on any atom is -0.418 e. The van der Waals surface area contributed by atoms with E-state index >= 15 is 0 Å². The first kappa shape index (κ1) is 21.8. The van der Waals surface area contributed by atoms with Crippen molar-refractivity contribution in [2.45, 2.75) is 38.7 Å². The van der Waals surface area contributed by atoms with Crippen LogP contribution in [0.3, 0.4) is 0 Å². The first-order valence-corrected chi connectivity index (χ1v) is 10.8. The lowest BCUT2D eigenvalue weighted by atomic mass is 9.97. The van der Waals surface area contributed by atoms with E-state index < -0.39 is 18.3 Å². The third-order valence-electron chi connectivity index (χ3n) is 5.91. The highest BCUT2D eigenvalue weighted by Crippen LogP contribution is 2.39. The quantitative estimate of drug-likeness (QED) is 0.458. The summed E-state index contributed by atoms with van der Waals surface area (Å²) in [6, 6.07) is 12.0. The lowest BCUT2D eigenvalue weighted by Crippen LogP contribution is -2.34. The van der Waals surface area contributed by atoms with Gasteiger partial charge < -0.3 is 14.4 Å². The molecule has 0 bridgehead atoms. The van der Waals surface area contributed by atoms with Crippen molar-refractivity contribution in [1.82, 2.24) is 25.1 Å². The lowest BCUT2D eigenvalue weighted by molar-refractivity contribution is 0.0346. The first-order chi connectivity index (χ1) is 16.4. The Morgan fingerprint density at radius 3 is 2.59 bits per heavy atom. The van der Waals surface area contributed by atoms with Gasteiger partial charge in [0, 0.05) is 30.1 Å². The van der Waals surface area contributed by atoms with E-state index in [4.69, 9.17) is 4.42 Å². The Morgan fingerprint density at radius 1 is 1.12 bits per heavy atom. The molecule has 2 aromatic carbocycles. The summed E-state index contributed by atoms with van der Waals surface area (Å²) in [7, 11) is 0. The van der Waals surface area contributed by atoms with Gasteiger partial charge in [0.05, 0.1) is 11.9 Å². The Labute approximate surface area is 195 Å². The Morgan fingerprint density at radius 2 is 1.91 bits per heavy atom. The van der Waals surface area contributed by atoms with E-state index in [1.807, 2.05) is 31.2 Å². The van der Waals surface area contributed by atoms with Crippen LogP contribution in [0.4, 0.5) is 4.39 Å². The van der Waals surface area contributed by atoms with Gasteiger partial charge in [-0.3, -0.25) is 14.8 Å². The summed E-state index contributed by atoms with van der Waals surface area (Å²) in [6.07, 6.45) is 2.24. The number of aliphatic hydroxyl groups excluding tert-OH is 1. The van der Waals surface area contributed by atoms with Crippen molar-refractivity contribution < 1.29 is 18.7 Å². The fourth-order valence-corrected chi connectivity index (χ4v) is 4.09. The van der Waals surface area contributed by atoms with Gasteiger partial charge in [0.1, 0.15) is 12.1 Å². The zero-order chi connectivity index (χ0) is 23.8.